The molecule has 0 N–H and O–H groups in total. The molecule has 3 aromatic rings. The van der Waals surface area contributed by atoms with E-state index in [1.54, 1.807) is 42.7 Å². The molecule has 1 aromatic carbocycles. The Bertz CT molecular complexity index is 1130. The van der Waals surface area contributed by atoms with Crippen LogP contribution in [-0.4, -0.2) is 60.9 Å². The molecule has 5 rings (SSSR count). The van der Waals surface area contributed by atoms with E-state index in [1.807, 2.05) is 12.1 Å². The first-order chi connectivity index (χ1) is 14.6. The summed E-state index contributed by atoms with van der Waals surface area (Å²) in [5.74, 6) is -0.375. The first kappa shape index (κ1) is 19.7. The second-order valence-corrected chi connectivity index (χ2v) is 9.66. The van der Waals surface area contributed by atoms with Crippen molar-refractivity contribution in [1.82, 2.24) is 13.9 Å². The number of hydrogen-bond acceptors (Lipinski definition) is 6. The zero-order valence-electron chi connectivity index (χ0n) is 16.7. The summed E-state index contributed by atoms with van der Waals surface area (Å²) in [6.45, 7) is 4.05. The number of hydrogen-bond donors (Lipinski definition) is 0. The summed E-state index contributed by atoms with van der Waals surface area (Å²) in [4.78, 5) is 7.03. The van der Waals surface area contributed by atoms with E-state index in [0.717, 1.165) is 49.8 Å². The molecule has 7 nitrogen and oxygen atoms in total. The molecule has 158 valence electrons. The molecule has 2 fully saturated rings. The molecule has 0 radical (unpaired) electrons. The van der Waals surface area contributed by atoms with Crippen LogP contribution < -0.4 is 0 Å². The van der Waals surface area contributed by atoms with Crippen molar-refractivity contribution in [2.24, 2.45) is 0 Å². The number of piperidine rings is 1. The lowest BCUT2D eigenvalue weighted by Gasteiger charge is -2.37. The Morgan fingerprint density at radius 2 is 1.73 bits per heavy atom. The van der Waals surface area contributed by atoms with E-state index >= 15 is 0 Å². The SMILES string of the molecule is O=S(=O)(c1ccccc1)n1cc(CCN2CCC3(CC2)OCCO3)c2cccnc21. The predicted octanol–water partition coefficient (Wildman–Crippen LogP) is 2.65. The van der Waals surface area contributed by atoms with Crippen LogP contribution in [-0.2, 0) is 25.9 Å². The minimum Gasteiger partial charge on any atom is -0.347 e. The van der Waals surface area contributed by atoms with E-state index in [-0.39, 0.29) is 10.7 Å². The number of benzene rings is 1. The van der Waals surface area contributed by atoms with Gasteiger partial charge in [0.25, 0.3) is 10.0 Å². The predicted molar refractivity (Wildman–Crippen MR) is 113 cm³/mol. The Kier molecular flexibility index (Phi) is 5.10. The maximum absolute atomic E-state index is 13.2. The van der Waals surface area contributed by atoms with Gasteiger partial charge in [-0.2, -0.15) is 0 Å². The fraction of sp³-hybridized carbons (Fsp3) is 0.409. The van der Waals surface area contributed by atoms with Crippen molar-refractivity contribution < 1.29 is 17.9 Å². The molecule has 8 heteroatoms. The van der Waals surface area contributed by atoms with Gasteiger partial charge in [-0.1, -0.05) is 18.2 Å². The number of rotatable bonds is 5. The van der Waals surface area contributed by atoms with Gasteiger partial charge >= 0.3 is 0 Å². The molecule has 0 atom stereocenters. The number of aromatic nitrogens is 2. The summed E-state index contributed by atoms with van der Waals surface area (Å²) in [6.07, 6.45) is 5.87. The van der Waals surface area contributed by atoms with Gasteiger partial charge in [0.05, 0.1) is 18.1 Å². The van der Waals surface area contributed by atoms with Crippen LogP contribution in [0.5, 0.6) is 0 Å². The topological polar surface area (TPSA) is 73.7 Å². The van der Waals surface area contributed by atoms with Crippen molar-refractivity contribution in [3.8, 4) is 0 Å². The quantitative estimate of drug-likeness (QED) is 0.623. The normalized spacial score (nSPS) is 19.6. The molecule has 1 spiro atoms. The zero-order valence-corrected chi connectivity index (χ0v) is 17.6. The summed E-state index contributed by atoms with van der Waals surface area (Å²) < 4.78 is 39.3. The number of ether oxygens (including phenoxy) is 2. The van der Waals surface area contributed by atoms with Gasteiger partial charge in [0, 0.05) is 50.3 Å². The van der Waals surface area contributed by atoms with Crippen LogP contribution in [0.25, 0.3) is 11.0 Å². The summed E-state index contributed by atoms with van der Waals surface area (Å²) in [7, 11) is -3.70. The number of nitrogens with zero attached hydrogens (tertiary/aromatic N) is 3. The van der Waals surface area contributed by atoms with Gasteiger partial charge in [0.1, 0.15) is 0 Å². The van der Waals surface area contributed by atoms with E-state index in [4.69, 9.17) is 9.47 Å². The Hall–Kier alpha value is -2.26. The standard InChI is InChI=1S/C22H25N3O4S/c26-30(27,19-5-2-1-3-6-19)25-17-18(20-7-4-11-23-21(20)25)8-12-24-13-9-22(10-14-24)28-15-16-29-22/h1-7,11,17H,8-10,12-16H2. The summed E-state index contributed by atoms with van der Waals surface area (Å²) in [5.41, 5.74) is 1.47. The van der Waals surface area contributed by atoms with Gasteiger partial charge < -0.3 is 14.4 Å². The van der Waals surface area contributed by atoms with Crippen LogP contribution in [0.3, 0.4) is 0 Å². The monoisotopic (exact) mass is 427 g/mol. The molecular weight excluding hydrogens is 402 g/mol. The number of pyridine rings is 1. The Labute approximate surface area is 176 Å². The summed E-state index contributed by atoms with van der Waals surface area (Å²) >= 11 is 0. The molecule has 2 saturated heterocycles. The van der Waals surface area contributed by atoms with Crippen LogP contribution >= 0.6 is 0 Å². The molecule has 2 aliphatic heterocycles. The van der Waals surface area contributed by atoms with Gasteiger partial charge in [-0.15, -0.1) is 0 Å². The Balaban J connectivity index is 1.37. The molecule has 2 aromatic heterocycles. The molecule has 2 aliphatic rings. The first-order valence-electron chi connectivity index (χ1n) is 10.3. The van der Waals surface area contributed by atoms with Crippen molar-refractivity contribution >= 4 is 21.1 Å². The second-order valence-electron chi connectivity index (χ2n) is 7.84. The minimum absolute atomic E-state index is 0.261. The van der Waals surface area contributed by atoms with Crippen LogP contribution in [0.1, 0.15) is 18.4 Å². The molecule has 4 heterocycles. The smallest absolute Gasteiger partial charge is 0.269 e. The Morgan fingerprint density at radius 3 is 2.47 bits per heavy atom. The third kappa shape index (κ3) is 3.54. The highest BCUT2D eigenvalue weighted by molar-refractivity contribution is 7.90. The van der Waals surface area contributed by atoms with Crippen LogP contribution in [0.4, 0.5) is 0 Å². The molecule has 30 heavy (non-hydrogen) atoms. The van der Waals surface area contributed by atoms with E-state index < -0.39 is 10.0 Å². The van der Waals surface area contributed by atoms with Crippen LogP contribution in [0, 0.1) is 0 Å². The van der Waals surface area contributed by atoms with Crippen LogP contribution in [0.15, 0.2) is 59.8 Å². The van der Waals surface area contributed by atoms with E-state index in [1.165, 1.54) is 3.97 Å². The van der Waals surface area contributed by atoms with Crippen molar-refractivity contribution in [3.63, 3.8) is 0 Å². The number of likely N-dealkylation sites (tertiary alicyclic amines) is 1. The zero-order chi connectivity index (χ0) is 20.6. The fourth-order valence-corrected chi connectivity index (χ4v) is 5.73. The second kappa shape index (κ2) is 7.77. The molecule has 0 amide bonds. The maximum atomic E-state index is 13.2. The highest BCUT2D eigenvalue weighted by Gasteiger charge is 2.39. The van der Waals surface area contributed by atoms with Gasteiger partial charge in [-0.25, -0.2) is 17.4 Å². The molecular formula is C22H25N3O4S. The minimum atomic E-state index is -3.70. The van der Waals surface area contributed by atoms with Gasteiger partial charge in [0.15, 0.2) is 11.4 Å². The van der Waals surface area contributed by atoms with E-state index in [9.17, 15) is 8.42 Å². The average Bonchev–Trinajstić information content (AvgIpc) is 3.39. The van der Waals surface area contributed by atoms with Gasteiger partial charge in [-0.05, 0) is 36.2 Å². The van der Waals surface area contributed by atoms with E-state index in [2.05, 4.69) is 9.88 Å². The van der Waals surface area contributed by atoms with E-state index in [0.29, 0.717) is 18.9 Å². The highest BCUT2D eigenvalue weighted by atomic mass is 32.2. The molecule has 0 unspecified atom stereocenters. The van der Waals surface area contributed by atoms with Gasteiger partial charge in [-0.3, -0.25) is 0 Å². The third-order valence-corrected chi connectivity index (χ3v) is 7.71. The molecule has 0 saturated carbocycles. The van der Waals surface area contributed by atoms with Crippen molar-refractivity contribution in [3.05, 3.63) is 60.4 Å². The van der Waals surface area contributed by atoms with Gasteiger partial charge in [0.2, 0.25) is 0 Å². The highest BCUT2D eigenvalue weighted by Crippen LogP contribution is 2.31. The molecule has 0 aliphatic carbocycles. The maximum Gasteiger partial charge on any atom is 0.269 e. The largest absolute Gasteiger partial charge is 0.347 e. The third-order valence-electron chi connectivity index (χ3n) is 6.04. The summed E-state index contributed by atoms with van der Waals surface area (Å²) in [5, 5.41) is 0.882. The van der Waals surface area contributed by atoms with Crippen molar-refractivity contribution in [1.29, 1.82) is 0 Å². The summed E-state index contributed by atoms with van der Waals surface area (Å²) in [6, 6.07) is 12.3. The Morgan fingerprint density at radius 1 is 1.00 bits per heavy atom. The number of fused-ring (bicyclic) bond motifs is 1. The van der Waals surface area contributed by atoms with Crippen LogP contribution in [0.2, 0.25) is 0 Å². The average molecular weight is 428 g/mol. The molecule has 0 bridgehead atoms. The first-order valence-corrected chi connectivity index (χ1v) is 11.8. The fourth-order valence-electron chi connectivity index (χ4n) is 4.37. The lowest BCUT2D eigenvalue weighted by molar-refractivity contribution is -0.185. The van der Waals surface area contributed by atoms with Crippen molar-refractivity contribution in [2.45, 2.75) is 29.9 Å². The lowest BCUT2D eigenvalue weighted by atomic mass is 10.0. The van der Waals surface area contributed by atoms with Crippen molar-refractivity contribution in [2.75, 3.05) is 32.8 Å². The lowest BCUT2D eigenvalue weighted by Crippen LogP contribution is -2.45.